The highest BCUT2D eigenvalue weighted by Gasteiger charge is 2.51. The average Bonchev–Trinajstić information content (AvgIpc) is 3.14. The second-order valence-corrected chi connectivity index (χ2v) is 12.8. The topological polar surface area (TPSA) is 73.2 Å². The quantitative estimate of drug-likeness (QED) is 0.469. The average molecular weight is 488 g/mol. The summed E-state index contributed by atoms with van der Waals surface area (Å²) in [6.45, 7) is 0.911. The molecule has 178 valence electrons. The third kappa shape index (κ3) is 4.06. The summed E-state index contributed by atoms with van der Waals surface area (Å²) in [7, 11) is 1.65. The maximum Gasteiger partial charge on any atom is 0.263 e. The van der Waals surface area contributed by atoms with Crippen LogP contribution < -0.4 is 10.9 Å². The van der Waals surface area contributed by atoms with E-state index >= 15 is 0 Å². The Labute approximate surface area is 202 Å². The molecule has 33 heavy (non-hydrogen) atoms. The summed E-state index contributed by atoms with van der Waals surface area (Å²) in [6, 6.07) is 0. The number of hydrogen-bond acceptors (Lipinski definition) is 6. The highest BCUT2D eigenvalue weighted by Crippen LogP contribution is 2.55. The van der Waals surface area contributed by atoms with Gasteiger partial charge in [-0.1, -0.05) is 11.8 Å². The number of nitrogens with zero attached hydrogens (tertiary/aromatic N) is 2. The van der Waals surface area contributed by atoms with E-state index in [9.17, 15) is 9.59 Å². The third-order valence-electron chi connectivity index (χ3n) is 8.33. The summed E-state index contributed by atoms with van der Waals surface area (Å²) in [5.74, 6) is 2.80. The van der Waals surface area contributed by atoms with Gasteiger partial charge in [-0.2, -0.15) is 0 Å². The number of rotatable bonds is 7. The first-order valence-corrected chi connectivity index (χ1v) is 14.3. The van der Waals surface area contributed by atoms with Crippen LogP contribution in [-0.4, -0.2) is 40.5 Å². The molecule has 0 radical (unpaired) electrons. The van der Waals surface area contributed by atoms with Crippen molar-refractivity contribution in [3.8, 4) is 0 Å². The Morgan fingerprint density at radius 1 is 1.18 bits per heavy atom. The maximum atomic E-state index is 13.5. The number of carbonyl (C=O) groups excluding carboxylic acids is 1. The van der Waals surface area contributed by atoms with Gasteiger partial charge < -0.3 is 10.1 Å². The summed E-state index contributed by atoms with van der Waals surface area (Å²) >= 11 is 3.07. The van der Waals surface area contributed by atoms with Crippen molar-refractivity contribution in [3.63, 3.8) is 0 Å². The third-order valence-corrected chi connectivity index (χ3v) is 10.5. The molecule has 4 saturated carbocycles. The molecule has 2 aromatic heterocycles. The van der Waals surface area contributed by atoms with Gasteiger partial charge in [0.2, 0.25) is 5.91 Å². The Kier molecular flexibility index (Phi) is 5.82. The number of methoxy groups -OCH3 is 1. The van der Waals surface area contributed by atoms with Crippen LogP contribution in [0.5, 0.6) is 0 Å². The van der Waals surface area contributed by atoms with Gasteiger partial charge in [-0.05, 0) is 87.5 Å². The Morgan fingerprint density at radius 3 is 2.58 bits per heavy atom. The summed E-state index contributed by atoms with van der Waals surface area (Å²) in [5.41, 5.74) is 1.26. The summed E-state index contributed by atoms with van der Waals surface area (Å²) in [5, 5.41) is 4.89. The van der Waals surface area contributed by atoms with Gasteiger partial charge in [0, 0.05) is 17.5 Å². The lowest BCUT2D eigenvalue weighted by atomic mass is 9.53. The van der Waals surface area contributed by atoms with Crippen molar-refractivity contribution in [2.45, 2.75) is 81.4 Å². The number of amides is 1. The summed E-state index contributed by atoms with van der Waals surface area (Å²) < 4.78 is 7.01. The lowest BCUT2D eigenvalue weighted by Gasteiger charge is -2.56. The number of thioether (sulfide) groups is 1. The maximum absolute atomic E-state index is 13.5. The SMILES string of the molecule is COCCn1c(SCC(=O)NC23CC4CC(CC(C4)C2)C3)nc2sc3c(c2c1=O)CCCC3. The predicted octanol–water partition coefficient (Wildman–Crippen LogP) is 4.16. The molecule has 0 atom stereocenters. The molecule has 1 N–H and O–H groups in total. The van der Waals surface area contributed by atoms with Gasteiger partial charge in [0.05, 0.1) is 24.3 Å². The van der Waals surface area contributed by atoms with Gasteiger partial charge in [0.15, 0.2) is 5.16 Å². The van der Waals surface area contributed by atoms with Gasteiger partial charge >= 0.3 is 0 Å². The molecule has 4 bridgehead atoms. The smallest absolute Gasteiger partial charge is 0.263 e. The predicted molar refractivity (Wildman–Crippen MR) is 132 cm³/mol. The van der Waals surface area contributed by atoms with Gasteiger partial charge in [0.1, 0.15) is 4.83 Å². The molecule has 6 nitrogen and oxygen atoms in total. The number of ether oxygens (including phenoxy) is 1. The van der Waals surface area contributed by atoms with Crippen LogP contribution in [0.4, 0.5) is 0 Å². The zero-order chi connectivity index (χ0) is 22.6. The summed E-state index contributed by atoms with van der Waals surface area (Å²) in [4.78, 5) is 33.6. The van der Waals surface area contributed by atoms with Crippen molar-refractivity contribution in [2.75, 3.05) is 19.5 Å². The highest BCUT2D eigenvalue weighted by atomic mass is 32.2. The molecule has 1 amide bonds. The van der Waals surface area contributed by atoms with Crippen molar-refractivity contribution in [2.24, 2.45) is 17.8 Å². The fourth-order valence-corrected chi connectivity index (χ4v) is 9.56. The minimum absolute atomic E-state index is 0.0201. The molecule has 0 unspecified atom stereocenters. The van der Waals surface area contributed by atoms with E-state index in [1.165, 1.54) is 47.9 Å². The minimum atomic E-state index is 0.0201. The number of fused-ring (bicyclic) bond motifs is 3. The van der Waals surface area contributed by atoms with Crippen molar-refractivity contribution >= 4 is 39.2 Å². The lowest BCUT2D eigenvalue weighted by molar-refractivity contribution is -0.124. The van der Waals surface area contributed by atoms with Crippen molar-refractivity contribution < 1.29 is 9.53 Å². The van der Waals surface area contributed by atoms with Crippen molar-refractivity contribution in [1.82, 2.24) is 14.9 Å². The normalized spacial score (nSPS) is 30.0. The van der Waals surface area contributed by atoms with Crippen LogP contribution in [0.15, 0.2) is 9.95 Å². The largest absolute Gasteiger partial charge is 0.383 e. The van der Waals surface area contributed by atoms with E-state index in [4.69, 9.17) is 9.72 Å². The molecule has 0 spiro atoms. The first kappa shape index (κ1) is 22.1. The van der Waals surface area contributed by atoms with Gasteiger partial charge in [-0.25, -0.2) is 4.98 Å². The molecule has 0 aliphatic heterocycles. The first-order chi connectivity index (χ1) is 16.0. The van der Waals surface area contributed by atoms with Gasteiger partial charge in [0.25, 0.3) is 5.56 Å². The lowest BCUT2D eigenvalue weighted by Crippen LogP contribution is -2.60. The second-order valence-electron chi connectivity index (χ2n) is 10.8. The molecule has 2 aromatic rings. The van der Waals surface area contributed by atoms with Crippen LogP contribution in [0.1, 0.15) is 61.8 Å². The first-order valence-electron chi connectivity index (χ1n) is 12.5. The van der Waals surface area contributed by atoms with E-state index in [-0.39, 0.29) is 17.0 Å². The Bertz CT molecular complexity index is 1100. The van der Waals surface area contributed by atoms with Crippen LogP contribution in [-0.2, 0) is 28.9 Å². The highest BCUT2D eigenvalue weighted by molar-refractivity contribution is 7.99. The Balaban J connectivity index is 1.23. The molecular formula is C25H33N3O3S2. The van der Waals surface area contributed by atoms with Crippen molar-refractivity contribution in [3.05, 3.63) is 20.8 Å². The van der Waals surface area contributed by atoms with Crippen molar-refractivity contribution in [1.29, 1.82) is 0 Å². The van der Waals surface area contributed by atoms with Crippen LogP contribution in [0.25, 0.3) is 10.2 Å². The summed E-state index contributed by atoms with van der Waals surface area (Å²) in [6.07, 6.45) is 11.9. The molecule has 5 aliphatic carbocycles. The molecule has 0 aromatic carbocycles. The van der Waals surface area contributed by atoms with Crippen LogP contribution in [0.3, 0.4) is 0 Å². The molecule has 2 heterocycles. The second kappa shape index (κ2) is 8.68. The zero-order valence-electron chi connectivity index (χ0n) is 19.4. The van der Waals surface area contributed by atoms with E-state index in [1.807, 2.05) is 0 Å². The molecule has 4 fully saturated rings. The number of thiophene rings is 1. The van der Waals surface area contributed by atoms with Gasteiger partial charge in [-0.15, -0.1) is 11.3 Å². The van der Waals surface area contributed by atoms with E-state index in [1.54, 1.807) is 23.0 Å². The Morgan fingerprint density at radius 2 is 1.88 bits per heavy atom. The van der Waals surface area contributed by atoms with E-state index in [0.717, 1.165) is 66.5 Å². The zero-order valence-corrected chi connectivity index (χ0v) is 21.0. The molecule has 5 aliphatic rings. The number of aryl methyl sites for hydroxylation is 2. The number of carbonyl (C=O) groups is 1. The molecule has 0 saturated heterocycles. The number of aromatic nitrogens is 2. The van der Waals surface area contributed by atoms with E-state index in [2.05, 4.69) is 5.32 Å². The fraction of sp³-hybridized carbons (Fsp3) is 0.720. The van der Waals surface area contributed by atoms with Gasteiger partial charge in [-0.3, -0.25) is 14.2 Å². The number of nitrogens with one attached hydrogen (secondary N) is 1. The van der Waals surface area contributed by atoms with E-state index in [0.29, 0.717) is 24.1 Å². The monoisotopic (exact) mass is 487 g/mol. The Hall–Kier alpha value is -1.38. The van der Waals surface area contributed by atoms with E-state index < -0.39 is 0 Å². The standard InChI is InChI=1S/C25H33N3O3S2/c1-31-7-6-28-23(30)21-18-4-2-3-5-19(18)33-22(21)26-24(28)32-14-20(29)27-25-11-15-8-16(12-25)10-17(9-15)13-25/h15-17H,2-14H2,1H3,(H,27,29). The van der Waals surface area contributed by atoms with Crippen LogP contribution >= 0.6 is 23.1 Å². The molecule has 7 rings (SSSR count). The fourth-order valence-electron chi connectivity index (χ4n) is 7.44. The molecule has 8 heteroatoms. The van der Waals surface area contributed by atoms with Crippen LogP contribution in [0, 0.1) is 17.8 Å². The van der Waals surface area contributed by atoms with Crippen LogP contribution in [0.2, 0.25) is 0 Å². The molecular weight excluding hydrogens is 454 g/mol. The minimum Gasteiger partial charge on any atom is -0.383 e. The number of hydrogen-bond donors (Lipinski definition) is 1.